The Kier molecular flexibility index (Phi) is 6.59. The van der Waals surface area contributed by atoms with Gasteiger partial charge < -0.3 is 14.5 Å². The van der Waals surface area contributed by atoms with E-state index in [1.54, 1.807) is 18.0 Å². The summed E-state index contributed by atoms with van der Waals surface area (Å²) in [5, 5.41) is 12.2. The molecule has 0 bridgehead atoms. The summed E-state index contributed by atoms with van der Waals surface area (Å²) in [5.74, 6) is 2.14. The first kappa shape index (κ1) is 21.0. The summed E-state index contributed by atoms with van der Waals surface area (Å²) in [6, 6.07) is 18.7. The second-order valence-electron chi connectivity index (χ2n) is 6.49. The summed E-state index contributed by atoms with van der Waals surface area (Å²) in [6.45, 7) is 0.298. The first-order chi connectivity index (χ1) is 15.1. The number of nitrogens with zero attached hydrogens (tertiary/aromatic N) is 3. The molecule has 0 fully saturated rings. The minimum absolute atomic E-state index is 0.135. The molecule has 1 amide bonds. The highest BCUT2D eigenvalue weighted by molar-refractivity contribution is 7.99. The second-order valence-corrected chi connectivity index (χ2v) is 7.87. The van der Waals surface area contributed by atoms with E-state index in [1.165, 1.54) is 11.8 Å². The normalized spacial score (nSPS) is 10.8. The number of nitrogens with one attached hydrogen (secondary N) is 1. The summed E-state index contributed by atoms with van der Waals surface area (Å²) >= 11 is 7.21. The third kappa shape index (κ3) is 5.10. The zero-order valence-corrected chi connectivity index (χ0v) is 18.2. The Balaban J connectivity index is 1.33. The molecule has 2 aromatic carbocycles. The van der Waals surface area contributed by atoms with Gasteiger partial charge >= 0.3 is 0 Å². The molecule has 7 nitrogen and oxygen atoms in total. The molecule has 0 aliphatic rings. The van der Waals surface area contributed by atoms with Crippen LogP contribution in [0.3, 0.4) is 0 Å². The smallest absolute Gasteiger partial charge is 0.230 e. The molecule has 0 spiro atoms. The molecule has 0 saturated heterocycles. The van der Waals surface area contributed by atoms with Gasteiger partial charge in [-0.25, -0.2) is 0 Å². The minimum atomic E-state index is -0.135. The molecule has 4 aromatic rings. The number of rotatable bonds is 8. The van der Waals surface area contributed by atoms with Gasteiger partial charge in [0.05, 0.1) is 25.1 Å². The van der Waals surface area contributed by atoms with E-state index in [1.807, 2.05) is 60.7 Å². The van der Waals surface area contributed by atoms with Gasteiger partial charge in [-0.3, -0.25) is 9.36 Å². The lowest BCUT2D eigenvalue weighted by Crippen LogP contribution is -2.24. The van der Waals surface area contributed by atoms with Crippen LogP contribution in [0.15, 0.2) is 76.6 Å². The monoisotopic (exact) mass is 454 g/mol. The van der Waals surface area contributed by atoms with Crippen molar-refractivity contribution in [2.75, 3.05) is 12.9 Å². The zero-order chi connectivity index (χ0) is 21.6. The van der Waals surface area contributed by atoms with Crippen molar-refractivity contribution in [2.45, 2.75) is 11.7 Å². The fourth-order valence-electron chi connectivity index (χ4n) is 2.93. The SMILES string of the molecule is COc1ccccc1-n1cnnc1SCC(=O)NCc1ccc(-c2ccc(Cl)cc2)o1. The van der Waals surface area contributed by atoms with Gasteiger partial charge in [-0.2, -0.15) is 0 Å². The topological polar surface area (TPSA) is 82.2 Å². The van der Waals surface area contributed by atoms with Crippen LogP contribution in [-0.4, -0.2) is 33.5 Å². The molecule has 0 atom stereocenters. The quantitative estimate of drug-likeness (QED) is 0.392. The number of halogens is 1. The maximum atomic E-state index is 12.3. The highest BCUT2D eigenvalue weighted by atomic mass is 35.5. The van der Waals surface area contributed by atoms with Gasteiger partial charge in [0, 0.05) is 10.6 Å². The number of amides is 1. The maximum Gasteiger partial charge on any atom is 0.230 e. The third-order valence-electron chi connectivity index (χ3n) is 4.44. The van der Waals surface area contributed by atoms with Crippen molar-refractivity contribution in [3.05, 3.63) is 77.8 Å². The number of hydrogen-bond donors (Lipinski definition) is 1. The van der Waals surface area contributed by atoms with Crippen LogP contribution in [0.4, 0.5) is 0 Å². The van der Waals surface area contributed by atoms with Crippen molar-refractivity contribution in [1.29, 1.82) is 0 Å². The first-order valence-electron chi connectivity index (χ1n) is 9.41. The molecular weight excluding hydrogens is 436 g/mol. The molecule has 4 rings (SSSR count). The number of benzene rings is 2. The van der Waals surface area contributed by atoms with Crippen molar-refractivity contribution in [1.82, 2.24) is 20.1 Å². The highest BCUT2D eigenvalue weighted by Crippen LogP contribution is 2.27. The predicted octanol–water partition coefficient (Wildman–Crippen LogP) is 4.60. The molecule has 0 saturated carbocycles. The lowest BCUT2D eigenvalue weighted by atomic mass is 10.2. The molecular formula is C22H19ClN4O3S. The van der Waals surface area contributed by atoms with E-state index in [0.29, 0.717) is 28.2 Å². The van der Waals surface area contributed by atoms with Crippen molar-refractivity contribution >= 4 is 29.3 Å². The van der Waals surface area contributed by atoms with E-state index < -0.39 is 0 Å². The van der Waals surface area contributed by atoms with Gasteiger partial charge in [0.25, 0.3) is 0 Å². The first-order valence-corrected chi connectivity index (χ1v) is 10.8. The van der Waals surface area contributed by atoms with Crippen LogP contribution < -0.4 is 10.1 Å². The summed E-state index contributed by atoms with van der Waals surface area (Å²) in [5.41, 5.74) is 1.73. The zero-order valence-electron chi connectivity index (χ0n) is 16.6. The summed E-state index contributed by atoms with van der Waals surface area (Å²) in [6.07, 6.45) is 1.60. The molecule has 158 valence electrons. The molecule has 2 heterocycles. The van der Waals surface area contributed by atoms with Gasteiger partial charge in [0.2, 0.25) is 5.91 Å². The number of methoxy groups -OCH3 is 1. The molecule has 0 unspecified atom stereocenters. The van der Waals surface area contributed by atoms with Crippen LogP contribution in [0.1, 0.15) is 5.76 Å². The number of aromatic nitrogens is 3. The van der Waals surface area contributed by atoms with Crippen molar-refractivity contribution in [3.63, 3.8) is 0 Å². The standard InChI is InChI=1S/C22H19ClN4O3S/c1-29-20-5-3-2-4-18(20)27-14-25-26-22(27)31-13-21(28)24-12-17-10-11-19(30-17)15-6-8-16(23)9-7-15/h2-11,14H,12-13H2,1H3,(H,24,28). The van der Waals surface area contributed by atoms with E-state index in [9.17, 15) is 4.79 Å². The average Bonchev–Trinajstić information content (AvgIpc) is 3.46. The lowest BCUT2D eigenvalue weighted by Gasteiger charge is -2.10. The van der Waals surface area contributed by atoms with E-state index in [-0.39, 0.29) is 11.7 Å². The number of furan rings is 1. The van der Waals surface area contributed by atoms with Gasteiger partial charge in [-0.1, -0.05) is 35.5 Å². The van der Waals surface area contributed by atoms with Crippen LogP contribution >= 0.6 is 23.4 Å². The summed E-state index contributed by atoms with van der Waals surface area (Å²) < 4.78 is 13.0. The molecule has 31 heavy (non-hydrogen) atoms. The predicted molar refractivity (Wildman–Crippen MR) is 120 cm³/mol. The van der Waals surface area contributed by atoms with Gasteiger partial charge in [-0.05, 0) is 48.5 Å². The maximum absolute atomic E-state index is 12.3. The second kappa shape index (κ2) is 9.72. The Morgan fingerprint density at radius 2 is 1.97 bits per heavy atom. The van der Waals surface area contributed by atoms with Crippen LogP contribution in [0.5, 0.6) is 5.75 Å². The number of carbonyl (C=O) groups is 1. The van der Waals surface area contributed by atoms with Crippen LogP contribution in [-0.2, 0) is 11.3 Å². The average molecular weight is 455 g/mol. The summed E-state index contributed by atoms with van der Waals surface area (Å²) in [7, 11) is 1.61. The van der Waals surface area contributed by atoms with Crippen molar-refractivity contribution in [3.8, 4) is 22.8 Å². The van der Waals surface area contributed by atoms with E-state index in [2.05, 4.69) is 15.5 Å². The van der Waals surface area contributed by atoms with E-state index >= 15 is 0 Å². The Labute approximate surface area is 188 Å². The van der Waals surface area contributed by atoms with Crippen LogP contribution in [0.2, 0.25) is 5.02 Å². The van der Waals surface area contributed by atoms with Crippen LogP contribution in [0.25, 0.3) is 17.0 Å². The molecule has 0 aliphatic carbocycles. The van der Waals surface area contributed by atoms with Gasteiger partial charge in [-0.15, -0.1) is 10.2 Å². The molecule has 9 heteroatoms. The Bertz CT molecular complexity index is 1170. The fraction of sp³-hybridized carbons (Fsp3) is 0.136. The minimum Gasteiger partial charge on any atom is -0.495 e. The highest BCUT2D eigenvalue weighted by Gasteiger charge is 2.13. The van der Waals surface area contributed by atoms with Crippen LogP contribution in [0, 0.1) is 0 Å². The number of hydrogen-bond acceptors (Lipinski definition) is 6. The van der Waals surface area contributed by atoms with Crippen molar-refractivity contribution in [2.24, 2.45) is 0 Å². The van der Waals surface area contributed by atoms with Gasteiger partial charge in [0.1, 0.15) is 23.6 Å². The Hall–Kier alpha value is -3.23. The molecule has 1 N–H and O–H groups in total. The summed E-state index contributed by atoms with van der Waals surface area (Å²) in [4.78, 5) is 12.3. The number of carbonyl (C=O) groups excluding carboxylic acids is 1. The Morgan fingerprint density at radius 1 is 1.16 bits per heavy atom. The van der Waals surface area contributed by atoms with E-state index in [4.69, 9.17) is 20.8 Å². The molecule has 0 radical (unpaired) electrons. The van der Waals surface area contributed by atoms with E-state index in [0.717, 1.165) is 17.0 Å². The van der Waals surface area contributed by atoms with Crippen molar-refractivity contribution < 1.29 is 13.9 Å². The van der Waals surface area contributed by atoms with Gasteiger partial charge in [0.15, 0.2) is 5.16 Å². The Morgan fingerprint density at radius 3 is 2.77 bits per heavy atom. The fourth-order valence-corrected chi connectivity index (χ4v) is 3.80. The largest absolute Gasteiger partial charge is 0.495 e. The molecule has 0 aliphatic heterocycles. The number of para-hydroxylation sites is 2. The number of thioether (sulfide) groups is 1. The lowest BCUT2D eigenvalue weighted by molar-refractivity contribution is -0.118. The number of ether oxygens (including phenoxy) is 1. The molecule has 2 aromatic heterocycles. The third-order valence-corrected chi connectivity index (χ3v) is 5.64.